The van der Waals surface area contributed by atoms with Crippen molar-refractivity contribution in [1.29, 1.82) is 0 Å². The second kappa shape index (κ2) is 10.4. The van der Waals surface area contributed by atoms with E-state index < -0.39 is 30.0 Å². The van der Waals surface area contributed by atoms with Gasteiger partial charge in [-0.3, -0.25) is 9.59 Å². The smallest absolute Gasteiger partial charge is 0.255 e. The normalized spacial score (nSPS) is 21.2. The monoisotopic (exact) mass is 513 g/mol. The van der Waals surface area contributed by atoms with Crippen LogP contribution >= 0.6 is 0 Å². The van der Waals surface area contributed by atoms with E-state index in [0.29, 0.717) is 46.3 Å². The van der Waals surface area contributed by atoms with Gasteiger partial charge in [-0.15, -0.1) is 0 Å². The topological polar surface area (TPSA) is 118 Å². The van der Waals surface area contributed by atoms with Gasteiger partial charge in [-0.05, 0) is 50.3 Å². The highest BCUT2D eigenvalue weighted by molar-refractivity contribution is 6.09. The van der Waals surface area contributed by atoms with Crippen LogP contribution in [-0.4, -0.2) is 65.3 Å². The summed E-state index contributed by atoms with van der Waals surface area (Å²) >= 11 is 0. The number of fused-ring (bicyclic) bond motifs is 1. The Morgan fingerprint density at radius 2 is 2.00 bits per heavy atom. The molecule has 2 heterocycles. The van der Waals surface area contributed by atoms with Crippen molar-refractivity contribution in [2.45, 2.75) is 50.9 Å². The third-order valence-corrected chi connectivity index (χ3v) is 6.81. The van der Waals surface area contributed by atoms with E-state index in [1.165, 1.54) is 25.6 Å². The molecule has 2 saturated carbocycles. The molecule has 2 aliphatic carbocycles. The molecule has 3 N–H and O–H groups in total. The summed E-state index contributed by atoms with van der Waals surface area (Å²) in [7, 11) is 1.41. The van der Waals surface area contributed by atoms with Crippen LogP contribution < -0.4 is 15.4 Å². The lowest BCUT2D eigenvalue weighted by Gasteiger charge is -2.15. The van der Waals surface area contributed by atoms with Crippen molar-refractivity contribution >= 4 is 22.8 Å². The summed E-state index contributed by atoms with van der Waals surface area (Å²) in [5, 5.41) is 5.48. The van der Waals surface area contributed by atoms with Crippen LogP contribution in [-0.2, 0) is 9.53 Å². The predicted octanol–water partition coefficient (Wildman–Crippen LogP) is 3.22. The van der Waals surface area contributed by atoms with Crippen LogP contribution in [0.3, 0.4) is 0 Å². The summed E-state index contributed by atoms with van der Waals surface area (Å²) in [5.41, 5.74) is 2.44. The number of hydrogen-bond acceptors (Lipinski definition) is 6. The van der Waals surface area contributed by atoms with E-state index in [9.17, 15) is 18.4 Å². The van der Waals surface area contributed by atoms with E-state index in [2.05, 4.69) is 25.6 Å². The third kappa shape index (κ3) is 5.41. The Hall–Kier alpha value is -3.60. The second-order valence-corrected chi connectivity index (χ2v) is 9.73. The number of rotatable bonds is 9. The zero-order valence-electron chi connectivity index (χ0n) is 20.6. The number of hydrogen-bond donors (Lipinski definition) is 3. The van der Waals surface area contributed by atoms with Gasteiger partial charge in [-0.1, -0.05) is 0 Å². The van der Waals surface area contributed by atoms with Crippen LogP contribution in [0.25, 0.3) is 22.3 Å². The number of aryl methyl sites for hydroxylation is 1. The molecule has 196 valence electrons. The zero-order chi connectivity index (χ0) is 26.1. The predicted molar refractivity (Wildman–Crippen MR) is 131 cm³/mol. The molecular formula is C26H29F2N5O4. The summed E-state index contributed by atoms with van der Waals surface area (Å²) in [5.74, 6) is -0.256. The summed E-state index contributed by atoms with van der Waals surface area (Å²) in [6, 6.07) is 3.10. The van der Waals surface area contributed by atoms with Crippen molar-refractivity contribution in [3.8, 4) is 17.0 Å². The van der Waals surface area contributed by atoms with Crippen LogP contribution in [0.1, 0.15) is 41.7 Å². The Bertz CT molecular complexity index is 1330. The molecule has 0 bridgehead atoms. The first-order chi connectivity index (χ1) is 17.8. The fraction of sp³-hybridized carbons (Fsp3) is 0.462. The first-order valence-electron chi connectivity index (χ1n) is 12.3. The Labute approximate surface area is 212 Å². The highest BCUT2D eigenvalue weighted by Crippen LogP contribution is 2.37. The van der Waals surface area contributed by atoms with Gasteiger partial charge in [0.2, 0.25) is 5.91 Å². The van der Waals surface area contributed by atoms with E-state index in [0.717, 1.165) is 12.8 Å². The average molecular weight is 514 g/mol. The molecule has 2 aliphatic rings. The summed E-state index contributed by atoms with van der Waals surface area (Å²) < 4.78 is 39.7. The number of aromatic amines is 1. The van der Waals surface area contributed by atoms with Crippen molar-refractivity contribution < 1.29 is 27.8 Å². The molecule has 0 aliphatic heterocycles. The molecule has 11 heteroatoms. The lowest BCUT2D eigenvalue weighted by molar-refractivity contribution is -0.125. The Morgan fingerprint density at radius 1 is 1.19 bits per heavy atom. The number of alkyl halides is 1. The summed E-state index contributed by atoms with van der Waals surface area (Å²) in [6.45, 7) is 2.15. The van der Waals surface area contributed by atoms with Gasteiger partial charge in [-0.25, -0.2) is 18.7 Å². The minimum absolute atomic E-state index is 0.1000. The fourth-order valence-corrected chi connectivity index (χ4v) is 4.80. The summed E-state index contributed by atoms with van der Waals surface area (Å²) in [4.78, 5) is 36.9. The maximum absolute atomic E-state index is 14.7. The number of halogens is 2. The number of carbonyl (C=O) groups is 2. The van der Waals surface area contributed by atoms with Gasteiger partial charge in [0.25, 0.3) is 5.91 Å². The molecule has 2 aromatic heterocycles. The number of nitrogens with one attached hydrogen (secondary N) is 3. The highest BCUT2D eigenvalue weighted by atomic mass is 19.1. The molecule has 2 amide bonds. The second-order valence-electron chi connectivity index (χ2n) is 9.73. The van der Waals surface area contributed by atoms with Crippen LogP contribution in [0.15, 0.2) is 24.5 Å². The quantitative estimate of drug-likeness (QED) is 0.404. The molecule has 0 spiro atoms. The highest BCUT2D eigenvalue weighted by Gasteiger charge is 2.37. The van der Waals surface area contributed by atoms with Crippen molar-refractivity contribution in [3.63, 3.8) is 0 Å². The SMILES string of the molecule is COCC(=O)N[C@H]1C[C@@H](F)[C@H](NC(=O)c2c(C)[nH]c3c(-c4cc(F)ccc4OCC4CC4)ncnc23)C1. The molecule has 3 atom stereocenters. The van der Waals surface area contributed by atoms with Crippen molar-refractivity contribution in [3.05, 3.63) is 41.6 Å². The van der Waals surface area contributed by atoms with E-state index in [-0.39, 0.29) is 30.9 Å². The molecule has 2 fully saturated rings. The van der Waals surface area contributed by atoms with Gasteiger partial charge < -0.3 is 25.1 Å². The molecule has 0 radical (unpaired) electrons. The first-order valence-corrected chi connectivity index (χ1v) is 12.3. The number of carbonyl (C=O) groups excluding carboxylic acids is 2. The fourth-order valence-electron chi connectivity index (χ4n) is 4.80. The lowest BCUT2D eigenvalue weighted by Crippen LogP contribution is -2.40. The van der Waals surface area contributed by atoms with E-state index >= 15 is 0 Å². The van der Waals surface area contributed by atoms with E-state index in [1.54, 1.807) is 13.0 Å². The van der Waals surface area contributed by atoms with E-state index in [1.807, 2.05) is 0 Å². The molecule has 0 saturated heterocycles. The Balaban J connectivity index is 1.39. The van der Waals surface area contributed by atoms with Crippen molar-refractivity contribution in [2.24, 2.45) is 5.92 Å². The Morgan fingerprint density at radius 3 is 2.76 bits per heavy atom. The molecular weight excluding hydrogens is 484 g/mol. The average Bonchev–Trinajstić information content (AvgIpc) is 3.53. The Kier molecular flexibility index (Phi) is 7.05. The van der Waals surface area contributed by atoms with Crippen LogP contribution in [0, 0.1) is 18.7 Å². The molecule has 1 aromatic carbocycles. The number of aromatic nitrogens is 3. The van der Waals surface area contributed by atoms with Gasteiger partial charge in [0.15, 0.2) is 0 Å². The molecule has 3 aromatic rings. The number of ether oxygens (including phenoxy) is 2. The molecule has 0 unspecified atom stereocenters. The summed E-state index contributed by atoms with van der Waals surface area (Å²) in [6.07, 6.45) is 2.59. The lowest BCUT2D eigenvalue weighted by atomic mass is 10.1. The largest absolute Gasteiger partial charge is 0.493 e. The molecule has 5 rings (SSSR count). The maximum atomic E-state index is 14.7. The first kappa shape index (κ1) is 25.1. The van der Waals surface area contributed by atoms with Gasteiger partial charge in [0, 0.05) is 30.8 Å². The number of H-pyrrole nitrogens is 1. The van der Waals surface area contributed by atoms with Gasteiger partial charge >= 0.3 is 0 Å². The number of benzene rings is 1. The van der Waals surface area contributed by atoms with Crippen LogP contribution in [0.2, 0.25) is 0 Å². The van der Waals surface area contributed by atoms with Gasteiger partial charge in [-0.2, -0.15) is 0 Å². The zero-order valence-corrected chi connectivity index (χ0v) is 20.6. The maximum Gasteiger partial charge on any atom is 0.255 e. The third-order valence-electron chi connectivity index (χ3n) is 6.81. The van der Waals surface area contributed by atoms with Crippen LogP contribution in [0.4, 0.5) is 8.78 Å². The molecule has 9 nitrogen and oxygen atoms in total. The molecule has 37 heavy (non-hydrogen) atoms. The van der Waals surface area contributed by atoms with Gasteiger partial charge in [0.1, 0.15) is 41.9 Å². The number of amides is 2. The van der Waals surface area contributed by atoms with Crippen LogP contribution in [0.5, 0.6) is 5.75 Å². The van der Waals surface area contributed by atoms with Crippen molar-refractivity contribution in [1.82, 2.24) is 25.6 Å². The number of methoxy groups -OCH3 is 1. The minimum atomic E-state index is -1.31. The van der Waals surface area contributed by atoms with Crippen molar-refractivity contribution in [2.75, 3.05) is 20.3 Å². The van der Waals surface area contributed by atoms with Gasteiger partial charge in [0.05, 0.1) is 23.7 Å². The minimum Gasteiger partial charge on any atom is -0.493 e. The standard InChI is InChI=1S/C26H29F2N5O4/c1-13-22(26(35)33-19-9-16(8-18(19)28)32-21(34)11-36-2)24-25(31-13)23(29-12-30-24)17-7-15(27)5-6-20(17)37-10-14-3-4-14/h5-7,12,14,16,18-19,31H,3-4,8-11H2,1-2H3,(H,32,34)(H,33,35)/t16-,18+,19+/m0/s1. The van der Waals surface area contributed by atoms with E-state index in [4.69, 9.17) is 9.47 Å². The number of nitrogens with zero attached hydrogens (tertiary/aromatic N) is 2.